The van der Waals surface area contributed by atoms with Crippen molar-refractivity contribution < 1.29 is 9.53 Å². The molecule has 2 aliphatic rings. The van der Waals surface area contributed by atoms with Crippen LogP contribution in [-0.4, -0.2) is 31.2 Å². The monoisotopic (exact) mass is 225 g/mol. The summed E-state index contributed by atoms with van der Waals surface area (Å²) in [4.78, 5) is 13.1. The Morgan fingerprint density at radius 2 is 1.88 bits per heavy atom. The summed E-state index contributed by atoms with van der Waals surface area (Å²) in [6.07, 6.45) is 5.11. The van der Waals surface area contributed by atoms with E-state index in [0.717, 1.165) is 24.9 Å². The molecule has 2 fully saturated rings. The van der Waals surface area contributed by atoms with E-state index in [1.165, 1.54) is 32.8 Å². The van der Waals surface area contributed by atoms with Gasteiger partial charge in [0.25, 0.3) is 0 Å². The first kappa shape index (κ1) is 11.7. The fraction of sp³-hybridized carbons (Fsp3) is 0.923. The van der Waals surface area contributed by atoms with Crippen LogP contribution in [0.25, 0.3) is 0 Å². The molecule has 16 heavy (non-hydrogen) atoms. The Hall–Kier alpha value is -0.730. The minimum absolute atomic E-state index is 0.156. The molecule has 0 bridgehead atoms. The molecule has 92 valence electrons. The van der Waals surface area contributed by atoms with Crippen LogP contribution in [0, 0.1) is 17.3 Å². The van der Waals surface area contributed by atoms with Crippen molar-refractivity contribution in [3.05, 3.63) is 0 Å². The molecule has 1 aliphatic heterocycles. The van der Waals surface area contributed by atoms with Crippen molar-refractivity contribution in [3.63, 3.8) is 0 Å². The molecule has 0 radical (unpaired) electrons. The zero-order valence-corrected chi connectivity index (χ0v) is 10.7. The van der Waals surface area contributed by atoms with Crippen LogP contribution in [0.15, 0.2) is 0 Å². The summed E-state index contributed by atoms with van der Waals surface area (Å²) in [6, 6.07) is 0. The highest BCUT2D eigenvalue weighted by Gasteiger charge is 2.47. The lowest BCUT2D eigenvalue weighted by Gasteiger charge is -2.53. The highest BCUT2D eigenvalue weighted by molar-refractivity contribution is 5.68. The van der Waals surface area contributed by atoms with E-state index in [0.29, 0.717) is 5.41 Å². The standard InChI is InChI=1S/C13H23NO2/c1-10(2)11-4-6-13(7-5-11)8-14(9-13)12(15)16-3/h10-11H,4-9H2,1-3H3. The van der Waals surface area contributed by atoms with Gasteiger partial charge in [0.2, 0.25) is 0 Å². The van der Waals surface area contributed by atoms with Gasteiger partial charge in [0, 0.05) is 18.5 Å². The summed E-state index contributed by atoms with van der Waals surface area (Å²) in [5, 5.41) is 0. The predicted octanol–water partition coefficient (Wildman–Crippen LogP) is 2.90. The van der Waals surface area contributed by atoms with Crippen LogP contribution < -0.4 is 0 Å². The highest BCUT2D eigenvalue weighted by atomic mass is 16.5. The van der Waals surface area contributed by atoms with E-state index in [-0.39, 0.29) is 6.09 Å². The number of amides is 1. The van der Waals surface area contributed by atoms with Gasteiger partial charge in [-0.3, -0.25) is 0 Å². The lowest BCUT2D eigenvalue weighted by molar-refractivity contribution is -0.0335. The van der Waals surface area contributed by atoms with Gasteiger partial charge in [0.1, 0.15) is 0 Å². The van der Waals surface area contributed by atoms with Crippen molar-refractivity contribution in [2.75, 3.05) is 20.2 Å². The maximum Gasteiger partial charge on any atom is 0.409 e. The minimum Gasteiger partial charge on any atom is -0.453 e. The number of hydrogen-bond acceptors (Lipinski definition) is 2. The van der Waals surface area contributed by atoms with Crippen LogP contribution in [0.4, 0.5) is 4.79 Å². The van der Waals surface area contributed by atoms with E-state index in [1.807, 2.05) is 4.90 Å². The summed E-state index contributed by atoms with van der Waals surface area (Å²) >= 11 is 0. The summed E-state index contributed by atoms with van der Waals surface area (Å²) in [5.74, 6) is 1.71. The largest absolute Gasteiger partial charge is 0.453 e. The Labute approximate surface area is 98.1 Å². The summed E-state index contributed by atoms with van der Waals surface area (Å²) in [6.45, 7) is 6.49. The topological polar surface area (TPSA) is 29.5 Å². The van der Waals surface area contributed by atoms with Crippen LogP contribution in [0.1, 0.15) is 39.5 Å². The fourth-order valence-electron chi connectivity index (χ4n) is 3.26. The van der Waals surface area contributed by atoms with E-state index in [9.17, 15) is 4.79 Å². The van der Waals surface area contributed by atoms with Crippen LogP contribution in [0.2, 0.25) is 0 Å². The van der Waals surface area contributed by atoms with Crippen molar-refractivity contribution in [2.24, 2.45) is 17.3 Å². The van der Waals surface area contributed by atoms with Crippen molar-refractivity contribution in [1.29, 1.82) is 0 Å². The minimum atomic E-state index is -0.156. The SMILES string of the molecule is COC(=O)N1CC2(CCC(C(C)C)CC2)C1. The molecule has 0 aromatic rings. The molecule has 1 saturated carbocycles. The summed E-state index contributed by atoms with van der Waals surface area (Å²) in [5.41, 5.74) is 0.444. The van der Waals surface area contributed by atoms with Crippen LogP contribution in [0.3, 0.4) is 0 Å². The van der Waals surface area contributed by atoms with Crippen LogP contribution in [-0.2, 0) is 4.74 Å². The molecule has 0 aromatic heterocycles. The first-order valence-corrected chi connectivity index (χ1v) is 6.39. The number of carbonyl (C=O) groups is 1. The third-order valence-electron chi connectivity index (χ3n) is 4.52. The van der Waals surface area contributed by atoms with Gasteiger partial charge >= 0.3 is 6.09 Å². The van der Waals surface area contributed by atoms with E-state index in [2.05, 4.69) is 13.8 Å². The number of ether oxygens (including phenoxy) is 1. The molecule has 1 saturated heterocycles. The molecule has 0 N–H and O–H groups in total. The van der Waals surface area contributed by atoms with Crippen molar-refractivity contribution >= 4 is 6.09 Å². The zero-order chi connectivity index (χ0) is 11.8. The Morgan fingerprint density at radius 1 is 1.31 bits per heavy atom. The first-order valence-electron chi connectivity index (χ1n) is 6.39. The highest BCUT2D eigenvalue weighted by Crippen LogP contribution is 2.47. The van der Waals surface area contributed by atoms with E-state index in [4.69, 9.17) is 4.74 Å². The summed E-state index contributed by atoms with van der Waals surface area (Å²) < 4.78 is 4.73. The van der Waals surface area contributed by atoms with Crippen molar-refractivity contribution in [3.8, 4) is 0 Å². The number of carbonyl (C=O) groups excluding carboxylic acids is 1. The van der Waals surface area contributed by atoms with Gasteiger partial charge in [0.15, 0.2) is 0 Å². The van der Waals surface area contributed by atoms with Gasteiger partial charge < -0.3 is 9.64 Å². The van der Waals surface area contributed by atoms with Gasteiger partial charge in [-0.2, -0.15) is 0 Å². The second-order valence-electron chi connectivity index (χ2n) is 5.91. The second-order valence-corrected chi connectivity index (χ2v) is 5.91. The predicted molar refractivity (Wildman–Crippen MR) is 63.2 cm³/mol. The van der Waals surface area contributed by atoms with Crippen molar-refractivity contribution in [2.45, 2.75) is 39.5 Å². The maximum atomic E-state index is 11.3. The average molecular weight is 225 g/mol. The number of methoxy groups -OCH3 is 1. The molecular formula is C13H23NO2. The molecule has 0 aromatic carbocycles. The molecule has 1 aliphatic carbocycles. The lowest BCUT2D eigenvalue weighted by Crippen LogP contribution is -2.59. The molecule has 2 rings (SSSR count). The maximum absolute atomic E-state index is 11.3. The average Bonchev–Trinajstić information content (AvgIpc) is 2.25. The van der Waals surface area contributed by atoms with Gasteiger partial charge in [-0.15, -0.1) is 0 Å². The van der Waals surface area contributed by atoms with Crippen molar-refractivity contribution in [1.82, 2.24) is 4.90 Å². The van der Waals surface area contributed by atoms with Gasteiger partial charge in [-0.25, -0.2) is 4.79 Å². The summed E-state index contributed by atoms with van der Waals surface area (Å²) in [7, 11) is 1.46. The Kier molecular flexibility index (Phi) is 3.13. The van der Waals surface area contributed by atoms with Crippen LogP contribution >= 0.6 is 0 Å². The Bertz CT molecular complexity index is 259. The quantitative estimate of drug-likeness (QED) is 0.686. The molecular weight excluding hydrogens is 202 g/mol. The Balaban J connectivity index is 1.81. The fourth-order valence-corrected chi connectivity index (χ4v) is 3.26. The number of likely N-dealkylation sites (tertiary alicyclic amines) is 1. The van der Waals surface area contributed by atoms with Gasteiger partial charge in [-0.05, 0) is 37.5 Å². The number of hydrogen-bond donors (Lipinski definition) is 0. The third-order valence-corrected chi connectivity index (χ3v) is 4.52. The molecule has 0 unspecified atom stereocenters. The molecule has 1 amide bonds. The van der Waals surface area contributed by atoms with Gasteiger partial charge in [-0.1, -0.05) is 13.8 Å². The second kappa shape index (κ2) is 4.27. The van der Waals surface area contributed by atoms with E-state index >= 15 is 0 Å². The molecule has 1 heterocycles. The lowest BCUT2D eigenvalue weighted by atomic mass is 9.64. The number of nitrogens with zero attached hydrogens (tertiary/aromatic N) is 1. The van der Waals surface area contributed by atoms with Crippen LogP contribution in [0.5, 0.6) is 0 Å². The third kappa shape index (κ3) is 2.04. The zero-order valence-electron chi connectivity index (χ0n) is 10.7. The van der Waals surface area contributed by atoms with E-state index < -0.39 is 0 Å². The molecule has 0 atom stereocenters. The number of rotatable bonds is 1. The van der Waals surface area contributed by atoms with Gasteiger partial charge in [0.05, 0.1) is 7.11 Å². The molecule has 3 heteroatoms. The first-order chi connectivity index (χ1) is 7.56. The normalized spacial score (nSPS) is 24.6. The Morgan fingerprint density at radius 3 is 2.31 bits per heavy atom. The molecule has 1 spiro atoms. The molecule has 3 nitrogen and oxygen atoms in total. The smallest absolute Gasteiger partial charge is 0.409 e. The van der Waals surface area contributed by atoms with E-state index in [1.54, 1.807) is 0 Å².